The van der Waals surface area contributed by atoms with Gasteiger partial charge in [-0.2, -0.15) is 0 Å². The molecule has 0 heterocycles. The summed E-state index contributed by atoms with van der Waals surface area (Å²) in [5.41, 5.74) is 0. The zero-order chi connectivity index (χ0) is 11.5. The Hall–Kier alpha value is -0.570. The van der Waals surface area contributed by atoms with Crippen LogP contribution in [0.5, 0.6) is 0 Å². The molecule has 1 fully saturated rings. The second-order valence-corrected chi connectivity index (χ2v) is 4.64. The molecular formula is C13H24NO2. The van der Waals surface area contributed by atoms with E-state index in [1.807, 2.05) is 0 Å². The molecular weight excluding hydrogens is 202 g/mol. The standard InChI is InChI=1S/C13H24NO2/c15-12-16-11-7-2-1-6-10-14-13-8-4-3-5-9-13/h13-14H,1-11H2. The lowest BCUT2D eigenvalue weighted by Gasteiger charge is -2.22. The molecule has 93 valence electrons. The van der Waals surface area contributed by atoms with Gasteiger partial charge in [0.25, 0.3) is 0 Å². The second-order valence-electron chi connectivity index (χ2n) is 4.64. The Kier molecular flexibility index (Phi) is 8.13. The predicted octanol–water partition coefficient (Wildman–Crippen LogP) is 2.55. The van der Waals surface area contributed by atoms with Gasteiger partial charge in [-0.3, -0.25) is 0 Å². The fourth-order valence-electron chi connectivity index (χ4n) is 2.31. The minimum absolute atomic E-state index is 0.527. The van der Waals surface area contributed by atoms with Gasteiger partial charge in [0.15, 0.2) is 0 Å². The molecule has 0 bridgehead atoms. The largest absolute Gasteiger partial charge is 0.457 e. The molecule has 0 aromatic heterocycles. The van der Waals surface area contributed by atoms with Gasteiger partial charge in [-0.1, -0.05) is 32.1 Å². The second kappa shape index (κ2) is 9.64. The zero-order valence-electron chi connectivity index (χ0n) is 10.2. The van der Waals surface area contributed by atoms with Crippen LogP contribution in [-0.2, 0) is 9.53 Å². The third-order valence-electron chi connectivity index (χ3n) is 3.27. The Balaban J connectivity index is 1.78. The first kappa shape index (κ1) is 13.5. The highest BCUT2D eigenvalue weighted by molar-refractivity contribution is 5.37. The van der Waals surface area contributed by atoms with Gasteiger partial charge >= 0.3 is 6.47 Å². The Morgan fingerprint density at radius 1 is 1.06 bits per heavy atom. The van der Waals surface area contributed by atoms with E-state index in [-0.39, 0.29) is 0 Å². The number of unbranched alkanes of at least 4 members (excludes halogenated alkanes) is 3. The van der Waals surface area contributed by atoms with Crippen molar-refractivity contribution in [3.05, 3.63) is 0 Å². The third-order valence-corrected chi connectivity index (χ3v) is 3.27. The molecule has 1 rings (SSSR count). The predicted molar refractivity (Wildman–Crippen MR) is 65.0 cm³/mol. The summed E-state index contributed by atoms with van der Waals surface area (Å²) in [7, 11) is 0. The lowest BCUT2D eigenvalue weighted by Crippen LogP contribution is -2.31. The van der Waals surface area contributed by atoms with E-state index in [4.69, 9.17) is 0 Å². The van der Waals surface area contributed by atoms with Crippen LogP contribution in [0.2, 0.25) is 0 Å². The van der Waals surface area contributed by atoms with E-state index in [0.29, 0.717) is 6.61 Å². The quantitative estimate of drug-likeness (QED) is 0.614. The van der Waals surface area contributed by atoms with Crippen LogP contribution in [0.1, 0.15) is 57.8 Å². The van der Waals surface area contributed by atoms with Gasteiger partial charge < -0.3 is 10.1 Å². The first-order valence-electron chi connectivity index (χ1n) is 6.66. The van der Waals surface area contributed by atoms with E-state index >= 15 is 0 Å². The number of carbonyl (C=O) groups excluding carboxylic acids is 1. The van der Waals surface area contributed by atoms with Gasteiger partial charge in [0.05, 0.1) is 6.61 Å². The van der Waals surface area contributed by atoms with E-state index in [9.17, 15) is 4.79 Å². The van der Waals surface area contributed by atoms with Gasteiger partial charge in [-0.25, -0.2) is 4.79 Å². The molecule has 1 radical (unpaired) electrons. The summed E-state index contributed by atoms with van der Waals surface area (Å²) in [6.07, 6.45) is 11.5. The van der Waals surface area contributed by atoms with Crippen LogP contribution >= 0.6 is 0 Å². The number of hydrogen-bond donors (Lipinski definition) is 1. The minimum atomic E-state index is 0.527. The maximum absolute atomic E-state index is 9.76. The molecule has 3 nitrogen and oxygen atoms in total. The average molecular weight is 226 g/mol. The summed E-state index contributed by atoms with van der Waals surface area (Å²) in [4.78, 5) is 9.76. The molecule has 0 unspecified atom stereocenters. The molecule has 0 saturated heterocycles. The smallest absolute Gasteiger partial charge is 0.417 e. The van der Waals surface area contributed by atoms with Gasteiger partial charge in [0.2, 0.25) is 0 Å². The number of ether oxygens (including phenoxy) is 1. The highest BCUT2D eigenvalue weighted by Crippen LogP contribution is 2.17. The van der Waals surface area contributed by atoms with Crippen LogP contribution in [0.4, 0.5) is 0 Å². The minimum Gasteiger partial charge on any atom is -0.457 e. The summed E-state index contributed by atoms with van der Waals surface area (Å²) >= 11 is 0. The van der Waals surface area contributed by atoms with Crippen molar-refractivity contribution in [3.63, 3.8) is 0 Å². The van der Waals surface area contributed by atoms with Crippen LogP contribution in [-0.4, -0.2) is 25.7 Å². The lowest BCUT2D eigenvalue weighted by molar-refractivity contribution is 0.268. The van der Waals surface area contributed by atoms with E-state index in [1.54, 1.807) is 0 Å². The first-order valence-corrected chi connectivity index (χ1v) is 6.66. The first-order chi connectivity index (χ1) is 7.93. The maximum atomic E-state index is 9.76. The fourth-order valence-corrected chi connectivity index (χ4v) is 2.31. The van der Waals surface area contributed by atoms with Crippen molar-refractivity contribution in [2.24, 2.45) is 0 Å². The summed E-state index contributed by atoms with van der Waals surface area (Å²) in [5.74, 6) is 0. The molecule has 0 aromatic rings. The van der Waals surface area contributed by atoms with E-state index in [2.05, 4.69) is 10.1 Å². The molecule has 0 aliphatic heterocycles. The Morgan fingerprint density at radius 3 is 2.56 bits per heavy atom. The Morgan fingerprint density at radius 2 is 1.81 bits per heavy atom. The van der Waals surface area contributed by atoms with Crippen molar-refractivity contribution >= 4 is 6.47 Å². The molecule has 1 saturated carbocycles. The molecule has 0 aromatic carbocycles. The monoisotopic (exact) mass is 226 g/mol. The molecule has 1 N–H and O–H groups in total. The van der Waals surface area contributed by atoms with Crippen molar-refractivity contribution in [3.8, 4) is 0 Å². The van der Waals surface area contributed by atoms with E-state index in [0.717, 1.165) is 25.4 Å². The molecule has 0 amide bonds. The van der Waals surface area contributed by atoms with E-state index in [1.165, 1.54) is 51.4 Å². The van der Waals surface area contributed by atoms with Gasteiger partial charge in [0.1, 0.15) is 0 Å². The summed E-state index contributed by atoms with van der Waals surface area (Å²) < 4.78 is 4.51. The number of rotatable bonds is 9. The lowest BCUT2D eigenvalue weighted by atomic mass is 9.95. The average Bonchev–Trinajstić information content (AvgIpc) is 2.34. The highest BCUT2D eigenvalue weighted by Gasteiger charge is 2.11. The number of hydrogen-bond acceptors (Lipinski definition) is 3. The zero-order valence-corrected chi connectivity index (χ0v) is 10.2. The van der Waals surface area contributed by atoms with Gasteiger partial charge in [-0.05, 0) is 32.2 Å². The van der Waals surface area contributed by atoms with Crippen molar-refractivity contribution in [2.75, 3.05) is 13.2 Å². The van der Waals surface area contributed by atoms with Crippen LogP contribution in [0, 0.1) is 0 Å². The Bertz CT molecular complexity index is 167. The van der Waals surface area contributed by atoms with Gasteiger partial charge in [0, 0.05) is 6.04 Å². The summed E-state index contributed by atoms with van der Waals surface area (Å²) in [6.45, 7) is 3.12. The summed E-state index contributed by atoms with van der Waals surface area (Å²) in [5, 5.41) is 3.63. The molecule has 16 heavy (non-hydrogen) atoms. The molecule has 0 spiro atoms. The SMILES string of the molecule is O=[C]OCCCCCCNC1CCCCC1. The molecule has 3 heteroatoms. The highest BCUT2D eigenvalue weighted by atomic mass is 16.5. The van der Waals surface area contributed by atoms with Crippen LogP contribution in [0.3, 0.4) is 0 Å². The van der Waals surface area contributed by atoms with Crippen LogP contribution in [0.15, 0.2) is 0 Å². The summed E-state index contributed by atoms with van der Waals surface area (Å²) in [6, 6.07) is 0.779. The topological polar surface area (TPSA) is 38.3 Å². The van der Waals surface area contributed by atoms with Crippen molar-refractivity contribution in [2.45, 2.75) is 63.8 Å². The van der Waals surface area contributed by atoms with Crippen LogP contribution < -0.4 is 5.32 Å². The fraction of sp³-hybridized carbons (Fsp3) is 0.923. The van der Waals surface area contributed by atoms with E-state index < -0.39 is 0 Å². The molecule has 1 aliphatic carbocycles. The van der Waals surface area contributed by atoms with Crippen LogP contribution in [0.25, 0.3) is 0 Å². The van der Waals surface area contributed by atoms with Crippen molar-refractivity contribution in [1.29, 1.82) is 0 Å². The Labute approximate surface area is 98.9 Å². The number of nitrogens with one attached hydrogen (secondary N) is 1. The molecule has 1 aliphatic rings. The normalized spacial score (nSPS) is 17.2. The molecule has 0 atom stereocenters. The third kappa shape index (κ3) is 6.83. The maximum Gasteiger partial charge on any atom is 0.417 e. The van der Waals surface area contributed by atoms with Crippen molar-refractivity contribution < 1.29 is 9.53 Å². The van der Waals surface area contributed by atoms with Crippen molar-refractivity contribution in [1.82, 2.24) is 5.32 Å². The van der Waals surface area contributed by atoms with Gasteiger partial charge in [-0.15, -0.1) is 0 Å².